The molecule has 0 atom stereocenters. The van der Waals surface area contributed by atoms with Crippen molar-refractivity contribution >= 4 is 16.6 Å². The van der Waals surface area contributed by atoms with Crippen LogP contribution in [0.5, 0.6) is 0 Å². The van der Waals surface area contributed by atoms with Crippen LogP contribution < -0.4 is 0 Å². The molecule has 0 heterocycles. The first-order valence-corrected chi connectivity index (χ1v) is 6.73. The standard InChI is InChI=1S/C17H16ClF/c1-3-4-13-5-10-16(17(19)11-13)15-8-6-14(7-9-15)12(2)18/h5-11H,2-4H2,1H3. The largest absolute Gasteiger partial charge is 0.206 e. The highest BCUT2D eigenvalue weighted by Crippen LogP contribution is 2.26. The Kier molecular flexibility index (Phi) is 4.39. The second-order valence-electron chi connectivity index (χ2n) is 4.55. The number of hydrogen-bond acceptors (Lipinski definition) is 0. The summed E-state index contributed by atoms with van der Waals surface area (Å²) >= 11 is 5.82. The van der Waals surface area contributed by atoms with E-state index < -0.39 is 0 Å². The molecule has 2 aromatic carbocycles. The predicted molar refractivity (Wildman–Crippen MR) is 80.7 cm³/mol. The van der Waals surface area contributed by atoms with Gasteiger partial charge in [-0.1, -0.05) is 67.9 Å². The summed E-state index contributed by atoms with van der Waals surface area (Å²) in [5.74, 6) is -0.177. The van der Waals surface area contributed by atoms with Gasteiger partial charge in [0.15, 0.2) is 0 Å². The molecular formula is C17H16ClF. The van der Waals surface area contributed by atoms with E-state index in [2.05, 4.69) is 13.5 Å². The summed E-state index contributed by atoms with van der Waals surface area (Å²) in [6, 6.07) is 12.9. The zero-order valence-electron chi connectivity index (χ0n) is 10.9. The molecule has 2 aromatic rings. The van der Waals surface area contributed by atoms with Crippen LogP contribution >= 0.6 is 11.6 Å². The lowest BCUT2D eigenvalue weighted by atomic mass is 10.0. The molecule has 0 bridgehead atoms. The highest BCUT2D eigenvalue weighted by molar-refractivity contribution is 6.48. The summed E-state index contributed by atoms with van der Waals surface area (Å²) in [7, 11) is 0. The van der Waals surface area contributed by atoms with Crippen LogP contribution in [-0.4, -0.2) is 0 Å². The van der Waals surface area contributed by atoms with Crippen molar-refractivity contribution in [1.82, 2.24) is 0 Å². The van der Waals surface area contributed by atoms with Crippen molar-refractivity contribution in [3.63, 3.8) is 0 Å². The third-order valence-corrected chi connectivity index (χ3v) is 3.30. The summed E-state index contributed by atoms with van der Waals surface area (Å²) in [5, 5.41) is 0.491. The molecular weight excluding hydrogens is 259 g/mol. The van der Waals surface area contributed by atoms with Gasteiger partial charge in [0.2, 0.25) is 0 Å². The van der Waals surface area contributed by atoms with E-state index in [4.69, 9.17) is 11.6 Å². The molecule has 2 heteroatoms. The first kappa shape index (κ1) is 13.8. The minimum Gasteiger partial charge on any atom is -0.206 e. The van der Waals surface area contributed by atoms with E-state index in [0.29, 0.717) is 10.6 Å². The molecule has 0 aromatic heterocycles. The predicted octanol–water partition coefficient (Wildman–Crippen LogP) is 5.65. The average Bonchev–Trinajstić information content (AvgIpc) is 2.39. The molecule has 0 spiro atoms. The summed E-state index contributed by atoms with van der Waals surface area (Å²) in [5.41, 5.74) is 3.36. The molecule has 2 rings (SSSR count). The van der Waals surface area contributed by atoms with Crippen LogP contribution in [0.4, 0.5) is 4.39 Å². The van der Waals surface area contributed by atoms with Crippen LogP contribution in [0.1, 0.15) is 24.5 Å². The van der Waals surface area contributed by atoms with Gasteiger partial charge in [-0.05, 0) is 29.2 Å². The maximum absolute atomic E-state index is 14.1. The molecule has 0 aliphatic heterocycles. The highest BCUT2D eigenvalue weighted by atomic mass is 35.5. The summed E-state index contributed by atoms with van der Waals surface area (Å²) in [4.78, 5) is 0. The Labute approximate surface area is 118 Å². The van der Waals surface area contributed by atoms with E-state index >= 15 is 0 Å². The van der Waals surface area contributed by atoms with Crippen LogP contribution in [0.3, 0.4) is 0 Å². The van der Waals surface area contributed by atoms with Gasteiger partial charge in [0, 0.05) is 10.6 Å². The van der Waals surface area contributed by atoms with E-state index in [0.717, 1.165) is 29.5 Å². The fourth-order valence-corrected chi connectivity index (χ4v) is 2.19. The van der Waals surface area contributed by atoms with Gasteiger partial charge in [-0.25, -0.2) is 4.39 Å². The molecule has 0 saturated carbocycles. The van der Waals surface area contributed by atoms with E-state index in [9.17, 15) is 4.39 Å². The van der Waals surface area contributed by atoms with E-state index in [1.807, 2.05) is 36.4 Å². The van der Waals surface area contributed by atoms with Crippen molar-refractivity contribution in [3.8, 4) is 11.1 Å². The topological polar surface area (TPSA) is 0 Å². The van der Waals surface area contributed by atoms with Crippen LogP contribution in [0.2, 0.25) is 0 Å². The summed E-state index contributed by atoms with van der Waals surface area (Å²) in [6.45, 7) is 5.76. The van der Waals surface area contributed by atoms with E-state index in [1.54, 1.807) is 6.07 Å². The second-order valence-corrected chi connectivity index (χ2v) is 5.00. The van der Waals surface area contributed by atoms with Gasteiger partial charge in [-0.3, -0.25) is 0 Å². The molecule has 0 radical (unpaired) electrons. The number of benzene rings is 2. The molecule has 19 heavy (non-hydrogen) atoms. The summed E-state index contributed by atoms with van der Waals surface area (Å²) < 4.78 is 14.1. The third-order valence-electron chi connectivity index (χ3n) is 3.08. The Morgan fingerprint density at radius 3 is 2.37 bits per heavy atom. The molecule has 0 N–H and O–H groups in total. The molecule has 0 aliphatic rings. The average molecular weight is 275 g/mol. The van der Waals surface area contributed by atoms with Gasteiger partial charge in [0.25, 0.3) is 0 Å². The van der Waals surface area contributed by atoms with Crippen molar-refractivity contribution in [2.24, 2.45) is 0 Å². The van der Waals surface area contributed by atoms with Crippen LogP contribution in [0.25, 0.3) is 16.2 Å². The minimum absolute atomic E-state index is 0.177. The number of rotatable bonds is 4. The molecule has 0 nitrogen and oxygen atoms in total. The van der Waals surface area contributed by atoms with Crippen molar-refractivity contribution in [2.75, 3.05) is 0 Å². The Morgan fingerprint density at radius 1 is 1.16 bits per heavy atom. The maximum atomic E-state index is 14.1. The first-order chi connectivity index (χ1) is 9.11. The molecule has 98 valence electrons. The Morgan fingerprint density at radius 2 is 1.84 bits per heavy atom. The quantitative estimate of drug-likeness (QED) is 0.675. The van der Waals surface area contributed by atoms with Gasteiger partial charge in [0.05, 0.1) is 0 Å². The maximum Gasteiger partial charge on any atom is 0.131 e. The van der Waals surface area contributed by atoms with Crippen LogP contribution in [0, 0.1) is 5.82 Å². The zero-order valence-corrected chi connectivity index (χ0v) is 11.7. The van der Waals surface area contributed by atoms with Gasteiger partial charge in [0.1, 0.15) is 5.82 Å². The van der Waals surface area contributed by atoms with Gasteiger partial charge >= 0.3 is 0 Å². The monoisotopic (exact) mass is 274 g/mol. The number of hydrogen-bond donors (Lipinski definition) is 0. The lowest BCUT2D eigenvalue weighted by Crippen LogP contribution is -1.89. The summed E-state index contributed by atoms with van der Waals surface area (Å²) in [6.07, 6.45) is 1.92. The SMILES string of the molecule is C=C(Cl)c1ccc(-c2ccc(CCC)cc2F)cc1. The fraction of sp³-hybridized carbons (Fsp3) is 0.176. The van der Waals surface area contributed by atoms with Gasteiger partial charge < -0.3 is 0 Å². The molecule has 0 unspecified atom stereocenters. The van der Waals surface area contributed by atoms with Crippen LogP contribution in [0.15, 0.2) is 49.0 Å². The van der Waals surface area contributed by atoms with Crippen molar-refractivity contribution in [3.05, 3.63) is 66.0 Å². The normalized spacial score (nSPS) is 10.5. The Hall–Kier alpha value is -1.60. The second kappa shape index (κ2) is 6.03. The fourth-order valence-electron chi connectivity index (χ4n) is 2.07. The molecule has 0 saturated heterocycles. The number of halogens is 2. The number of aryl methyl sites for hydroxylation is 1. The minimum atomic E-state index is -0.177. The van der Waals surface area contributed by atoms with Gasteiger partial charge in [-0.15, -0.1) is 0 Å². The Bertz CT molecular complexity index is 585. The van der Waals surface area contributed by atoms with Crippen molar-refractivity contribution in [1.29, 1.82) is 0 Å². The van der Waals surface area contributed by atoms with E-state index in [-0.39, 0.29) is 5.82 Å². The molecule has 0 aliphatic carbocycles. The third kappa shape index (κ3) is 3.24. The molecule has 0 amide bonds. The zero-order chi connectivity index (χ0) is 13.8. The Balaban J connectivity index is 2.33. The van der Waals surface area contributed by atoms with Crippen molar-refractivity contribution < 1.29 is 4.39 Å². The lowest BCUT2D eigenvalue weighted by molar-refractivity contribution is 0.628. The van der Waals surface area contributed by atoms with E-state index in [1.165, 1.54) is 0 Å². The smallest absolute Gasteiger partial charge is 0.131 e. The highest BCUT2D eigenvalue weighted by Gasteiger charge is 2.06. The first-order valence-electron chi connectivity index (χ1n) is 6.35. The van der Waals surface area contributed by atoms with Crippen LogP contribution in [-0.2, 0) is 6.42 Å². The van der Waals surface area contributed by atoms with Gasteiger partial charge in [-0.2, -0.15) is 0 Å². The molecule has 0 fully saturated rings. The lowest BCUT2D eigenvalue weighted by Gasteiger charge is -2.07. The van der Waals surface area contributed by atoms with Crippen molar-refractivity contribution in [2.45, 2.75) is 19.8 Å².